The Labute approximate surface area is 154 Å². The van der Waals surface area contributed by atoms with Gasteiger partial charge >= 0.3 is 0 Å². The Kier molecular flexibility index (Phi) is 4.95. The Morgan fingerprint density at radius 1 is 1.31 bits per heavy atom. The maximum absolute atomic E-state index is 12.5. The summed E-state index contributed by atoms with van der Waals surface area (Å²) in [5.41, 5.74) is 3.55. The van der Waals surface area contributed by atoms with E-state index in [1.807, 2.05) is 24.4 Å². The SMILES string of the molecule is CN1CCc2nc(CNC(=O)[C@H]3CC[C@H](c4ccccc4)N3)ncc2C1. The van der Waals surface area contributed by atoms with Gasteiger partial charge in [-0.15, -0.1) is 0 Å². The molecule has 3 heterocycles. The van der Waals surface area contributed by atoms with Gasteiger partial charge in [0.15, 0.2) is 0 Å². The van der Waals surface area contributed by atoms with Gasteiger partial charge in [0.25, 0.3) is 0 Å². The van der Waals surface area contributed by atoms with Crippen molar-refractivity contribution in [3.05, 3.63) is 59.2 Å². The van der Waals surface area contributed by atoms with Crippen LogP contribution in [-0.2, 0) is 24.3 Å². The van der Waals surface area contributed by atoms with Gasteiger partial charge in [0.1, 0.15) is 5.82 Å². The highest BCUT2D eigenvalue weighted by molar-refractivity contribution is 5.82. The van der Waals surface area contributed by atoms with Gasteiger partial charge in [-0.1, -0.05) is 30.3 Å². The van der Waals surface area contributed by atoms with E-state index in [0.717, 1.165) is 38.0 Å². The average molecular weight is 351 g/mol. The van der Waals surface area contributed by atoms with Crippen molar-refractivity contribution in [3.63, 3.8) is 0 Å². The molecule has 0 saturated carbocycles. The fourth-order valence-corrected chi connectivity index (χ4v) is 3.77. The summed E-state index contributed by atoms with van der Waals surface area (Å²) in [4.78, 5) is 23.8. The molecule has 0 aliphatic carbocycles. The molecular weight excluding hydrogens is 326 g/mol. The molecule has 2 N–H and O–H groups in total. The second-order valence-corrected chi connectivity index (χ2v) is 7.22. The first-order valence-electron chi connectivity index (χ1n) is 9.30. The van der Waals surface area contributed by atoms with Crippen LogP contribution in [0.4, 0.5) is 0 Å². The Morgan fingerprint density at radius 2 is 2.15 bits per heavy atom. The molecule has 1 fully saturated rings. The molecular formula is C20H25N5O. The number of likely N-dealkylation sites (N-methyl/N-ethyl adjacent to an activating group) is 1. The van der Waals surface area contributed by atoms with Gasteiger partial charge in [-0.3, -0.25) is 10.1 Å². The summed E-state index contributed by atoms with van der Waals surface area (Å²) in [6.45, 7) is 2.30. The minimum absolute atomic E-state index is 0.0319. The van der Waals surface area contributed by atoms with Crippen LogP contribution in [-0.4, -0.2) is 40.4 Å². The molecule has 136 valence electrons. The summed E-state index contributed by atoms with van der Waals surface area (Å²) in [5.74, 6) is 0.726. The number of carbonyl (C=O) groups excluding carboxylic acids is 1. The van der Waals surface area contributed by atoms with Crippen molar-refractivity contribution in [2.45, 2.75) is 44.4 Å². The number of nitrogens with zero attached hydrogens (tertiary/aromatic N) is 3. The standard InChI is InChI=1S/C20H25N5O/c1-25-10-9-17-15(13-25)11-21-19(24-17)12-22-20(26)18-8-7-16(23-18)14-5-3-2-4-6-14/h2-6,11,16,18,23H,7-10,12-13H2,1H3,(H,22,26)/t16-,18-/m1/s1. The molecule has 6 nitrogen and oxygen atoms in total. The molecule has 1 aromatic carbocycles. The molecule has 2 aliphatic heterocycles. The number of fused-ring (bicyclic) bond motifs is 1. The lowest BCUT2D eigenvalue weighted by molar-refractivity contribution is -0.123. The fourth-order valence-electron chi connectivity index (χ4n) is 3.77. The van der Waals surface area contributed by atoms with Crippen LogP contribution in [0.25, 0.3) is 0 Å². The fraction of sp³-hybridized carbons (Fsp3) is 0.450. The van der Waals surface area contributed by atoms with Gasteiger partial charge in [-0.2, -0.15) is 0 Å². The highest BCUT2D eigenvalue weighted by Gasteiger charge is 2.29. The van der Waals surface area contributed by atoms with Crippen molar-refractivity contribution in [1.82, 2.24) is 25.5 Å². The van der Waals surface area contributed by atoms with Gasteiger partial charge in [0.05, 0.1) is 12.6 Å². The monoisotopic (exact) mass is 351 g/mol. The van der Waals surface area contributed by atoms with Crippen LogP contribution in [0, 0.1) is 0 Å². The van der Waals surface area contributed by atoms with Crippen molar-refractivity contribution in [1.29, 1.82) is 0 Å². The van der Waals surface area contributed by atoms with Gasteiger partial charge in [0.2, 0.25) is 5.91 Å². The molecule has 1 amide bonds. The van der Waals surface area contributed by atoms with E-state index >= 15 is 0 Å². The van der Waals surface area contributed by atoms with Crippen molar-refractivity contribution >= 4 is 5.91 Å². The first-order chi connectivity index (χ1) is 12.7. The molecule has 0 radical (unpaired) electrons. The van der Waals surface area contributed by atoms with Gasteiger partial charge in [0, 0.05) is 43.0 Å². The number of rotatable bonds is 4. The zero-order valence-electron chi connectivity index (χ0n) is 15.1. The minimum atomic E-state index is -0.147. The third kappa shape index (κ3) is 3.76. The summed E-state index contributed by atoms with van der Waals surface area (Å²) < 4.78 is 0. The molecule has 1 saturated heterocycles. The second kappa shape index (κ2) is 7.51. The maximum Gasteiger partial charge on any atom is 0.237 e. The molecule has 2 aromatic rings. The van der Waals surface area contributed by atoms with Crippen LogP contribution >= 0.6 is 0 Å². The summed E-state index contributed by atoms with van der Waals surface area (Å²) in [7, 11) is 2.11. The van der Waals surface area contributed by atoms with Crippen LogP contribution in [0.2, 0.25) is 0 Å². The smallest absolute Gasteiger partial charge is 0.237 e. The highest BCUT2D eigenvalue weighted by atomic mass is 16.2. The predicted octanol–water partition coefficient (Wildman–Crippen LogP) is 1.57. The van der Waals surface area contributed by atoms with Crippen molar-refractivity contribution in [2.75, 3.05) is 13.6 Å². The van der Waals surface area contributed by atoms with E-state index in [4.69, 9.17) is 0 Å². The molecule has 6 heteroatoms. The Balaban J connectivity index is 1.32. The van der Waals surface area contributed by atoms with Gasteiger partial charge in [-0.05, 0) is 25.5 Å². The van der Waals surface area contributed by atoms with Crippen LogP contribution in [0.1, 0.15) is 41.5 Å². The number of nitrogens with one attached hydrogen (secondary N) is 2. The lowest BCUT2D eigenvalue weighted by Gasteiger charge is -2.24. The van der Waals surface area contributed by atoms with Crippen molar-refractivity contribution in [3.8, 4) is 0 Å². The number of benzene rings is 1. The van der Waals surface area contributed by atoms with Crippen molar-refractivity contribution in [2.24, 2.45) is 0 Å². The number of carbonyl (C=O) groups is 1. The van der Waals surface area contributed by atoms with E-state index in [9.17, 15) is 4.79 Å². The normalized spacial score (nSPS) is 22.8. The quantitative estimate of drug-likeness (QED) is 0.875. The van der Waals surface area contributed by atoms with Crippen LogP contribution in [0.15, 0.2) is 36.5 Å². The summed E-state index contributed by atoms with van der Waals surface area (Å²) in [6.07, 6.45) is 4.67. The zero-order chi connectivity index (χ0) is 17.9. The van der Waals surface area contributed by atoms with E-state index in [1.54, 1.807) is 0 Å². The van der Waals surface area contributed by atoms with E-state index < -0.39 is 0 Å². The summed E-state index contributed by atoms with van der Waals surface area (Å²) in [6, 6.07) is 10.4. The molecule has 0 bridgehead atoms. The van der Waals surface area contributed by atoms with Crippen LogP contribution < -0.4 is 10.6 Å². The molecule has 1 aromatic heterocycles. The molecule has 2 atom stereocenters. The van der Waals surface area contributed by atoms with E-state index in [2.05, 4.69) is 44.7 Å². The summed E-state index contributed by atoms with van der Waals surface area (Å²) in [5, 5.41) is 6.43. The highest BCUT2D eigenvalue weighted by Crippen LogP contribution is 2.26. The average Bonchev–Trinajstić information content (AvgIpc) is 3.17. The van der Waals surface area contributed by atoms with Crippen LogP contribution in [0.3, 0.4) is 0 Å². The zero-order valence-corrected chi connectivity index (χ0v) is 15.1. The van der Waals surface area contributed by atoms with E-state index in [-0.39, 0.29) is 18.0 Å². The van der Waals surface area contributed by atoms with Gasteiger partial charge in [-0.25, -0.2) is 9.97 Å². The third-order valence-corrected chi connectivity index (χ3v) is 5.26. The third-order valence-electron chi connectivity index (χ3n) is 5.26. The molecule has 2 aliphatic rings. The number of aromatic nitrogens is 2. The maximum atomic E-state index is 12.5. The number of amides is 1. The van der Waals surface area contributed by atoms with E-state index in [0.29, 0.717) is 12.4 Å². The number of hydrogen-bond acceptors (Lipinski definition) is 5. The molecule has 4 rings (SSSR count). The Bertz CT molecular complexity index is 779. The van der Waals surface area contributed by atoms with Crippen LogP contribution in [0.5, 0.6) is 0 Å². The summed E-state index contributed by atoms with van der Waals surface area (Å²) >= 11 is 0. The molecule has 0 spiro atoms. The lowest BCUT2D eigenvalue weighted by atomic mass is 10.1. The topological polar surface area (TPSA) is 70.2 Å². The Hall–Kier alpha value is -2.31. The number of hydrogen-bond donors (Lipinski definition) is 2. The molecule has 26 heavy (non-hydrogen) atoms. The van der Waals surface area contributed by atoms with Gasteiger partial charge < -0.3 is 10.2 Å². The van der Waals surface area contributed by atoms with Crippen molar-refractivity contribution < 1.29 is 4.79 Å². The largest absolute Gasteiger partial charge is 0.347 e. The first kappa shape index (κ1) is 17.1. The second-order valence-electron chi connectivity index (χ2n) is 7.22. The lowest BCUT2D eigenvalue weighted by Crippen LogP contribution is -2.41. The predicted molar refractivity (Wildman–Crippen MR) is 99.3 cm³/mol. The molecule has 0 unspecified atom stereocenters. The first-order valence-corrected chi connectivity index (χ1v) is 9.30. The van der Waals surface area contributed by atoms with E-state index in [1.165, 1.54) is 11.1 Å². The Morgan fingerprint density at radius 3 is 3.00 bits per heavy atom. The minimum Gasteiger partial charge on any atom is -0.347 e.